The van der Waals surface area contributed by atoms with E-state index in [1.807, 2.05) is 23.1 Å². The van der Waals surface area contributed by atoms with Crippen molar-refractivity contribution >= 4 is 17.2 Å². The van der Waals surface area contributed by atoms with Gasteiger partial charge in [0.15, 0.2) is 5.82 Å². The van der Waals surface area contributed by atoms with E-state index in [4.69, 9.17) is 4.52 Å². The van der Waals surface area contributed by atoms with Crippen molar-refractivity contribution in [2.24, 2.45) is 0 Å². The zero-order valence-corrected chi connectivity index (χ0v) is 17.0. The molecule has 4 rings (SSSR count). The van der Waals surface area contributed by atoms with Gasteiger partial charge in [0.1, 0.15) is 0 Å². The highest BCUT2D eigenvalue weighted by atomic mass is 32.1. The average Bonchev–Trinajstić information content (AvgIpc) is 3.29. The van der Waals surface area contributed by atoms with E-state index in [-0.39, 0.29) is 11.9 Å². The second-order valence-electron chi connectivity index (χ2n) is 7.18. The van der Waals surface area contributed by atoms with Crippen LogP contribution in [0, 0.1) is 13.8 Å². The average molecular weight is 397 g/mol. The lowest BCUT2D eigenvalue weighted by molar-refractivity contribution is -0.143. The summed E-state index contributed by atoms with van der Waals surface area (Å²) < 4.78 is 5.32. The van der Waals surface area contributed by atoms with Gasteiger partial charge >= 0.3 is 0 Å². The number of aryl methyl sites for hydroxylation is 2. The molecule has 0 radical (unpaired) electrons. The van der Waals surface area contributed by atoms with E-state index in [0.717, 1.165) is 25.2 Å². The molecule has 1 amide bonds. The Kier molecular flexibility index (Phi) is 5.54. The number of rotatable bonds is 6. The standard InChI is InChI=1S/C21H24N4O2S/c1-15-8-9-18(28-15)14-24-10-11-25(13-17-6-4-3-5-7-17)21(26)19(24)12-20-22-16(2)23-27-20/h3-9,19H,10-14H2,1-2H3. The van der Waals surface area contributed by atoms with Gasteiger partial charge in [-0.05, 0) is 31.5 Å². The summed E-state index contributed by atoms with van der Waals surface area (Å²) in [6.45, 7) is 6.84. The van der Waals surface area contributed by atoms with Crippen molar-refractivity contribution in [1.29, 1.82) is 0 Å². The molecule has 2 aromatic heterocycles. The smallest absolute Gasteiger partial charge is 0.240 e. The summed E-state index contributed by atoms with van der Waals surface area (Å²) in [5, 5.41) is 3.88. The van der Waals surface area contributed by atoms with E-state index in [1.165, 1.54) is 9.75 Å². The van der Waals surface area contributed by atoms with Crippen molar-refractivity contribution in [2.75, 3.05) is 13.1 Å². The highest BCUT2D eigenvalue weighted by Gasteiger charge is 2.36. The lowest BCUT2D eigenvalue weighted by Gasteiger charge is -2.40. The van der Waals surface area contributed by atoms with Gasteiger partial charge in [-0.2, -0.15) is 4.98 Å². The number of carbonyl (C=O) groups is 1. The third kappa shape index (κ3) is 4.31. The first-order valence-corrected chi connectivity index (χ1v) is 10.3. The largest absolute Gasteiger partial charge is 0.339 e. The normalized spacial score (nSPS) is 18.0. The molecule has 0 N–H and O–H groups in total. The van der Waals surface area contributed by atoms with Gasteiger partial charge in [0, 0.05) is 35.9 Å². The Morgan fingerprint density at radius 3 is 2.61 bits per heavy atom. The second kappa shape index (κ2) is 8.24. The molecular formula is C21H24N4O2S. The third-order valence-corrected chi connectivity index (χ3v) is 5.99. The van der Waals surface area contributed by atoms with Gasteiger partial charge in [-0.25, -0.2) is 0 Å². The van der Waals surface area contributed by atoms with Gasteiger partial charge in [0.2, 0.25) is 11.8 Å². The van der Waals surface area contributed by atoms with Crippen LogP contribution in [0.3, 0.4) is 0 Å². The van der Waals surface area contributed by atoms with Crippen LogP contribution in [0.15, 0.2) is 47.0 Å². The molecule has 7 heteroatoms. The van der Waals surface area contributed by atoms with Crippen molar-refractivity contribution in [3.63, 3.8) is 0 Å². The van der Waals surface area contributed by atoms with Gasteiger partial charge in [-0.15, -0.1) is 11.3 Å². The Morgan fingerprint density at radius 2 is 1.93 bits per heavy atom. The lowest BCUT2D eigenvalue weighted by atomic mass is 10.1. The summed E-state index contributed by atoms with van der Waals surface area (Å²) in [4.78, 5) is 24.4. The van der Waals surface area contributed by atoms with E-state index in [0.29, 0.717) is 24.7 Å². The van der Waals surface area contributed by atoms with Crippen LogP contribution in [0.2, 0.25) is 0 Å². The Hall–Kier alpha value is -2.51. The maximum atomic E-state index is 13.3. The van der Waals surface area contributed by atoms with Crippen molar-refractivity contribution in [3.8, 4) is 0 Å². The number of nitrogens with zero attached hydrogens (tertiary/aromatic N) is 4. The van der Waals surface area contributed by atoms with Crippen LogP contribution in [0.1, 0.15) is 27.0 Å². The van der Waals surface area contributed by atoms with E-state index < -0.39 is 0 Å². The van der Waals surface area contributed by atoms with E-state index in [9.17, 15) is 4.79 Å². The maximum Gasteiger partial charge on any atom is 0.240 e. The Morgan fingerprint density at radius 1 is 1.11 bits per heavy atom. The van der Waals surface area contributed by atoms with Crippen molar-refractivity contribution in [3.05, 3.63) is 69.5 Å². The topological polar surface area (TPSA) is 62.5 Å². The molecule has 0 bridgehead atoms. The van der Waals surface area contributed by atoms with E-state index in [2.05, 4.69) is 46.2 Å². The molecule has 1 aliphatic heterocycles. The maximum absolute atomic E-state index is 13.3. The van der Waals surface area contributed by atoms with Gasteiger partial charge in [-0.3, -0.25) is 9.69 Å². The van der Waals surface area contributed by atoms with Gasteiger partial charge in [0.05, 0.1) is 12.5 Å². The van der Waals surface area contributed by atoms with Crippen LogP contribution in [0.25, 0.3) is 0 Å². The minimum absolute atomic E-state index is 0.124. The van der Waals surface area contributed by atoms with E-state index in [1.54, 1.807) is 18.3 Å². The SMILES string of the molecule is Cc1noc(CC2C(=O)N(Cc3ccccc3)CCN2Cc2ccc(C)s2)n1. The molecule has 1 fully saturated rings. The molecular weight excluding hydrogens is 372 g/mol. The molecule has 146 valence electrons. The summed E-state index contributed by atoms with van der Waals surface area (Å²) in [6, 6.07) is 14.1. The molecule has 1 aromatic carbocycles. The van der Waals surface area contributed by atoms with Crippen LogP contribution in [-0.2, 0) is 24.3 Å². The fourth-order valence-electron chi connectivity index (χ4n) is 3.61. The number of carbonyl (C=O) groups excluding carboxylic acids is 1. The number of amides is 1. The number of hydrogen-bond acceptors (Lipinski definition) is 6. The predicted molar refractivity (Wildman–Crippen MR) is 108 cm³/mol. The fraction of sp³-hybridized carbons (Fsp3) is 0.381. The van der Waals surface area contributed by atoms with E-state index >= 15 is 0 Å². The zero-order valence-electron chi connectivity index (χ0n) is 16.2. The first-order chi connectivity index (χ1) is 13.6. The van der Waals surface area contributed by atoms with Gasteiger partial charge in [0.25, 0.3) is 0 Å². The van der Waals surface area contributed by atoms with Crippen LogP contribution in [-0.4, -0.2) is 45.0 Å². The quantitative estimate of drug-likeness (QED) is 0.640. The van der Waals surface area contributed by atoms with Gasteiger partial charge < -0.3 is 9.42 Å². The molecule has 0 aliphatic carbocycles. The summed E-state index contributed by atoms with van der Waals surface area (Å²) in [5.74, 6) is 1.24. The summed E-state index contributed by atoms with van der Waals surface area (Å²) >= 11 is 1.78. The van der Waals surface area contributed by atoms with Crippen molar-refractivity contribution in [2.45, 2.75) is 39.4 Å². The Labute approximate surface area is 168 Å². The lowest BCUT2D eigenvalue weighted by Crippen LogP contribution is -2.57. The fourth-order valence-corrected chi connectivity index (χ4v) is 4.52. The number of benzene rings is 1. The highest BCUT2D eigenvalue weighted by Crippen LogP contribution is 2.23. The molecule has 6 nitrogen and oxygen atoms in total. The summed E-state index contributed by atoms with van der Waals surface area (Å²) in [6.07, 6.45) is 0.440. The molecule has 0 spiro atoms. The van der Waals surface area contributed by atoms with Crippen LogP contribution in [0.5, 0.6) is 0 Å². The van der Waals surface area contributed by atoms with Crippen LogP contribution in [0.4, 0.5) is 0 Å². The molecule has 1 unspecified atom stereocenters. The number of hydrogen-bond donors (Lipinski definition) is 0. The Balaban J connectivity index is 1.53. The number of aromatic nitrogens is 2. The molecule has 3 aromatic rings. The molecule has 1 saturated heterocycles. The Bertz CT molecular complexity index is 937. The van der Waals surface area contributed by atoms with Crippen LogP contribution < -0.4 is 0 Å². The monoisotopic (exact) mass is 396 g/mol. The molecule has 28 heavy (non-hydrogen) atoms. The number of thiophene rings is 1. The number of piperazine rings is 1. The first kappa shape index (κ1) is 18.8. The predicted octanol–water partition coefficient (Wildman–Crippen LogP) is 3.20. The molecule has 0 saturated carbocycles. The molecule has 1 aliphatic rings. The third-order valence-electron chi connectivity index (χ3n) is 5.00. The summed E-state index contributed by atoms with van der Waals surface area (Å²) in [5.41, 5.74) is 1.14. The summed E-state index contributed by atoms with van der Waals surface area (Å²) in [7, 11) is 0. The zero-order chi connectivity index (χ0) is 19.5. The highest BCUT2D eigenvalue weighted by molar-refractivity contribution is 7.11. The molecule has 1 atom stereocenters. The first-order valence-electron chi connectivity index (χ1n) is 9.50. The van der Waals surface area contributed by atoms with Crippen molar-refractivity contribution < 1.29 is 9.32 Å². The van der Waals surface area contributed by atoms with Crippen LogP contribution >= 0.6 is 11.3 Å². The van der Waals surface area contributed by atoms with Crippen molar-refractivity contribution in [1.82, 2.24) is 19.9 Å². The van der Waals surface area contributed by atoms with Gasteiger partial charge in [-0.1, -0.05) is 35.5 Å². The minimum atomic E-state index is -0.292. The minimum Gasteiger partial charge on any atom is -0.339 e. The molecule has 3 heterocycles. The second-order valence-corrected chi connectivity index (χ2v) is 8.56.